The average molecular weight is 575 g/mol. The van der Waals surface area contributed by atoms with Crippen molar-refractivity contribution in [1.82, 2.24) is 14.1 Å². The minimum Gasteiger partial charge on any atom is -0.309 e. The molecule has 1 aliphatic rings. The fourth-order valence-electron chi connectivity index (χ4n) is 7.25. The van der Waals surface area contributed by atoms with E-state index >= 15 is 0 Å². The molecule has 0 radical (unpaired) electrons. The third kappa shape index (κ3) is 3.45. The second-order valence-electron chi connectivity index (χ2n) is 11.7. The van der Waals surface area contributed by atoms with E-state index in [1.807, 2.05) is 0 Å². The van der Waals surface area contributed by atoms with Gasteiger partial charge in [0.15, 0.2) is 0 Å². The third-order valence-corrected chi connectivity index (χ3v) is 9.21. The lowest BCUT2D eigenvalue weighted by molar-refractivity contribution is 1.05. The number of aromatic nitrogens is 3. The first-order chi connectivity index (χ1) is 22.3. The van der Waals surface area contributed by atoms with Crippen LogP contribution in [0.15, 0.2) is 158 Å². The summed E-state index contributed by atoms with van der Waals surface area (Å²) in [6.45, 7) is 0. The summed E-state index contributed by atoms with van der Waals surface area (Å²) in [7, 11) is 0. The number of nitrogens with zero attached hydrogens (tertiary/aromatic N) is 4. The summed E-state index contributed by atoms with van der Waals surface area (Å²) >= 11 is 0. The lowest BCUT2D eigenvalue weighted by Gasteiger charge is -2.24. The predicted molar refractivity (Wildman–Crippen MR) is 187 cm³/mol. The minimum atomic E-state index is 0.874. The molecule has 0 fully saturated rings. The van der Waals surface area contributed by atoms with E-state index in [0.29, 0.717) is 0 Å². The molecule has 9 aromatic rings. The summed E-state index contributed by atoms with van der Waals surface area (Å²) in [5, 5.41) is 4.86. The van der Waals surface area contributed by atoms with Crippen LogP contribution < -0.4 is 4.90 Å². The molecule has 0 aliphatic carbocycles. The maximum absolute atomic E-state index is 5.40. The first-order valence-electron chi connectivity index (χ1n) is 15.3. The highest BCUT2D eigenvalue weighted by atomic mass is 15.3. The molecule has 2 aromatic heterocycles. The molecule has 0 atom stereocenters. The van der Waals surface area contributed by atoms with Gasteiger partial charge in [-0.3, -0.25) is 9.47 Å². The number of anilines is 3. The number of para-hydroxylation sites is 4. The zero-order valence-electron chi connectivity index (χ0n) is 24.3. The van der Waals surface area contributed by atoms with Crippen molar-refractivity contribution in [3.05, 3.63) is 158 Å². The zero-order valence-corrected chi connectivity index (χ0v) is 24.3. The van der Waals surface area contributed by atoms with Crippen LogP contribution in [0.4, 0.5) is 17.3 Å². The normalized spacial score (nSPS) is 12.4. The van der Waals surface area contributed by atoms with E-state index in [2.05, 4.69) is 172 Å². The highest BCUT2D eigenvalue weighted by molar-refractivity contribution is 6.11. The highest BCUT2D eigenvalue weighted by Gasteiger charge is 2.29. The van der Waals surface area contributed by atoms with E-state index in [9.17, 15) is 0 Å². The van der Waals surface area contributed by atoms with Gasteiger partial charge in [-0.25, -0.2) is 4.98 Å². The Morgan fingerprint density at radius 1 is 0.400 bits per heavy atom. The Morgan fingerprint density at radius 3 is 1.89 bits per heavy atom. The lowest BCUT2D eigenvalue weighted by Crippen LogP contribution is -2.14. The Kier molecular flexibility index (Phi) is 4.96. The van der Waals surface area contributed by atoms with E-state index in [0.717, 1.165) is 45.2 Å². The third-order valence-electron chi connectivity index (χ3n) is 9.21. The summed E-state index contributed by atoms with van der Waals surface area (Å²) in [4.78, 5) is 7.74. The molecule has 0 N–H and O–H groups in total. The number of rotatable bonds is 2. The number of hydrogen-bond donors (Lipinski definition) is 0. The van der Waals surface area contributed by atoms with Crippen molar-refractivity contribution in [1.29, 1.82) is 0 Å². The Balaban J connectivity index is 1.33. The van der Waals surface area contributed by atoms with Crippen LogP contribution in [0.5, 0.6) is 0 Å². The molecule has 45 heavy (non-hydrogen) atoms. The minimum absolute atomic E-state index is 0.874. The maximum Gasteiger partial charge on any atom is 0.220 e. The topological polar surface area (TPSA) is 26.0 Å². The molecule has 7 aromatic carbocycles. The predicted octanol–water partition coefficient (Wildman–Crippen LogP) is 10.7. The van der Waals surface area contributed by atoms with E-state index in [4.69, 9.17) is 4.98 Å². The molecular weight excluding hydrogens is 548 g/mol. The monoisotopic (exact) mass is 574 g/mol. The first-order valence-corrected chi connectivity index (χ1v) is 15.3. The van der Waals surface area contributed by atoms with Crippen LogP contribution >= 0.6 is 0 Å². The number of imidazole rings is 1. The largest absolute Gasteiger partial charge is 0.309 e. The Bertz CT molecular complexity index is 2610. The van der Waals surface area contributed by atoms with Crippen molar-refractivity contribution in [2.45, 2.75) is 0 Å². The van der Waals surface area contributed by atoms with Crippen molar-refractivity contribution >= 4 is 60.9 Å². The standard InChI is InChI=1S/C41H26N4/c1-2-14-29(15-3-1)43-36-19-9-6-18-33(36)34-23-22-30(26-39(34)43)44-37-20-10-7-16-31(37)32-17-8-11-21-38(32)45-40-25-28-13-5-4-12-27(28)24-35(40)42-41(44)45/h1-26H. The van der Waals surface area contributed by atoms with Gasteiger partial charge in [0.1, 0.15) is 0 Å². The Morgan fingerprint density at radius 2 is 1.04 bits per heavy atom. The van der Waals surface area contributed by atoms with Crippen LogP contribution in [0.25, 0.3) is 66.1 Å². The quantitative estimate of drug-likeness (QED) is 0.205. The molecule has 10 rings (SSSR count). The van der Waals surface area contributed by atoms with Gasteiger partial charge in [0, 0.05) is 27.6 Å². The van der Waals surface area contributed by atoms with Crippen LogP contribution in [0.2, 0.25) is 0 Å². The van der Waals surface area contributed by atoms with E-state index < -0.39 is 0 Å². The first kappa shape index (κ1) is 24.3. The summed E-state index contributed by atoms with van der Waals surface area (Å²) in [5.74, 6) is 0.874. The van der Waals surface area contributed by atoms with Crippen LogP contribution in [-0.2, 0) is 0 Å². The maximum atomic E-state index is 5.40. The average Bonchev–Trinajstić information content (AvgIpc) is 3.59. The van der Waals surface area contributed by atoms with Crippen molar-refractivity contribution in [2.24, 2.45) is 0 Å². The van der Waals surface area contributed by atoms with Crippen LogP contribution in [0.3, 0.4) is 0 Å². The van der Waals surface area contributed by atoms with Gasteiger partial charge in [-0.05, 0) is 65.4 Å². The van der Waals surface area contributed by atoms with Crippen LogP contribution in [0, 0.1) is 0 Å². The number of benzene rings is 7. The summed E-state index contributed by atoms with van der Waals surface area (Å²) in [6.07, 6.45) is 0. The molecule has 3 heterocycles. The van der Waals surface area contributed by atoms with Crippen molar-refractivity contribution in [3.63, 3.8) is 0 Å². The Labute approximate surface area is 259 Å². The van der Waals surface area contributed by atoms with Crippen LogP contribution in [0.1, 0.15) is 0 Å². The summed E-state index contributed by atoms with van der Waals surface area (Å²) in [6, 6.07) is 56.6. The Hall–Kier alpha value is -6.13. The number of hydrogen-bond acceptors (Lipinski definition) is 2. The molecule has 0 amide bonds. The van der Waals surface area contributed by atoms with Crippen molar-refractivity contribution in [3.8, 4) is 22.5 Å². The molecule has 0 saturated heterocycles. The van der Waals surface area contributed by atoms with Gasteiger partial charge in [-0.1, -0.05) is 103 Å². The van der Waals surface area contributed by atoms with E-state index in [-0.39, 0.29) is 0 Å². The molecule has 0 unspecified atom stereocenters. The van der Waals surface area contributed by atoms with Gasteiger partial charge >= 0.3 is 0 Å². The van der Waals surface area contributed by atoms with Gasteiger partial charge in [-0.15, -0.1) is 0 Å². The SMILES string of the molecule is c1ccc(-n2c3ccccc3c3ccc(N4c5ccccc5-c5ccccc5-n5c4nc4cc6ccccc6cc45)cc32)cc1. The zero-order chi connectivity index (χ0) is 29.5. The molecule has 210 valence electrons. The van der Waals surface area contributed by atoms with Gasteiger partial charge in [-0.2, -0.15) is 0 Å². The second kappa shape index (κ2) is 9.18. The fraction of sp³-hybridized carbons (Fsp3) is 0. The second-order valence-corrected chi connectivity index (χ2v) is 11.7. The van der Waals surface area contributed by atoms with Gasteiger partial charge < -0.3 is 4.57 Å². The molecule has 0 saturated carbocycles. The molecule has 4 heteroatoms. The molecule has 1 aliphatic heterocycles. The highest BCUT2D eigenvalue weighted by Crippen LogP contribution is 2.48. The molecule has 0 spiro atoms. The number of fused-ring (bicyclic) bond motifs is 11. The van der Waals surface area contributed by atoms with Crippen molar-refractivity contribution < 1.29 is 0 Å². The van der Waals surface area contributed by atoms with Gasteiger partial charge in [0.05, 0.1) is 39.1 Å². The fourth-order valence-corrected chi connectivity index (χ4v) is 7.25. The summed E-state index contributed by atoms with van der Waals surface area (Å²) < 4.78 is 4.72. The summed E-state index contributed by atoms with van der Waals surface area (Å²) in [5.41, 5.74) is 11.2. The molecular formula is C41H26N4. The van der Waals surface area contributed by atoms with Crippen LogP contribution in [-0.4, -0.2) is 14.1 Å². The van der Waals surface area contributed by atoms with E-state index in [1.54, 1.807) is 0 Å². The van der Waals surface area contributed by atoms with Gasteiger partial charge in [0.25, 0.3) is 0 Å². The molecule has 0 bridgehead atoms. The smallest absolute Gasteiger partial charge is 0.220 e. The molecule has 4 nitrogen and oxygen atoms in total. The van der Waals surface area contributed by atoms with Crippen molar-refractivity contribution in [2.75, 3.05) is 4.90 Å². The van der Waals surface area contributed by atoms with E-state index in [1.165, 1.54) is 38.2 Å². The van der Waals surface area contributed by atoms with Gasteiger partial charge in [0.2, 0.25) is 5.95 Å². The lowest BCUT2D eigenvalue weighted by atomic mass is 10.0.